The summed E-state index contributed by atoms with van der Waals surface area (Å²) in [6, 6.07) is 19.9. The van der Waals surface area contributed by atoms with Gasteiger partial charge in [-0.1, -0.05) is 42.5 Å². The molecule has 3 aromatic carbocycles. The normalized spacial score (nSPS) is 11.0. The quantitative estimate of drug-likeness (QED) is 0.431. The molecule has 0 unspecified atom stereocenters. The third-order valence-corrected chi connectivity index (χ3v) is 5.43. The standard InChI is InChI=1S/C22H20BrN3O2/c23-22-17-7-2-1-6-16(17)10-11-20(22)28-14-21(27)24-12-5-13-26-15-25-18-8-3-4-9-19(18)26/h1-4,6-11,15H,5,12-14H2,(H,24,27). The van der Waals surface area contributed by atoms with Crippen LogP contribution < -0.4 is 10.1 Å². The lowest BCUT2D eigenvalue weighted by molar-refractivity contribution is -0.123. The molecule has 0 spiro atoms. The van der Waals surface area contributed by atoms with E-state index in [1.165, 1.54) is 0 Å². The molecule has 0 fully saturated rings. The summed E-state index contributed by atoms with van der Waals surface area (Å²) < 4.78 is 8.66. The van der Waals surface area contributed by atoms with Crippen LogP contribution in [0.5, 0.6) is 5.75 Å². The first-order valence-corrected chi connectivity index (χ1v) is 9.98. The molecule has 0 aliphatic heterocycles. The lowest BCUT2D eigenvalue weighted by Crippen LogP contribution is -2.30. The minimum atomic E-state index is -0.129. The molecule has 0 aliphatic rings. The van der Waals surface area contributed by atoms with Crippen LogP contribution >= 0.6 is 15.9 Å². The van der Waals surface area contributed by atoms with Crippen molar-refractivity contribution in [2.75, 3.05) is 13.2 Å². The highest BCUT2D eigenvalue weighted by atomic mass is 79.9. The molecule has 1 aromatic heterocycles. The summed E-state index contributed by atoms with van der Waals surface area (Å²) in [7, 11) is 0. The van der Waals surface area contributed by atoms with Crippen molar-refractivity contribution in [1.29, 1.82) is 0 Å². The third-order valence-electron chi connectivity index (χ3n) is 4.61. The van der Waals surface area contributed by atoms with Gasteiger partial charge in [0, 0.05) is 13.1 Å². The first-order valence-electron chi connectivity index (χ1n) is 9.19. The second-order valence-corrected chi connectivity index (χ2v) is 7.31. The average molecular weight is 438 g/mol. The number of imidazole rings is 1. The number of carbonyl (C=O) groups excluding carboxylic acids is 1. The molecule has 1 heterocycles. The lowest BCUT2D eigenvalue weighted by Gasteiger charge is -2.11. The predicted molar refractivity (Wildman–Crippen MR) is 115 cm³/mol. The number of fused-ring (bicyclic) bond motifs is 2. The fraction of sp³-hybridized carbons (Fsp3) is 0.182. The molecule has 5 nitrogen and oxygen atoms in total. The highest BCUT2D eigenvalue weighted by Gasteiger charge is 2.08. The first kappa shape index (κ1) is 18.5. The van der Waals surface area contributed by atoms with Crippen molar-refractivity contribution in [2.45, 2.75) is 13.0 Å². The van der Waals surface area contributed by atoms with Gasteiger partial charge >= 0.3 is 0 Å². The summed E-state index contributed by atoms with van der Waals surface area (Å²) in [6.07, 6.45) is 2.67. The van der Waals surface area contributed by atoms with Gasteiger partial charge < -0.3 is 14.6 Å². The number of hydrogen-bond acceptors (Lipinski definition) is 3. The fourth-order valence-electron chi connectivity index (χ4n) is 3.19. The van der Waals surface area contributed by atoms with Crippen molar-refractivity contribution in [1.82, 2.24) is 14.9 Å². The van der Waals surface area contributed by atoms with E-state index >= 15 is 0 Å². The molecule has 1 amide bonds. The van der Waals surface area contributed by atoms with E-state index in [1.807, 2.05) is 60.9 Å². The zero-order chi connectivity index (χ0) is 19.3. The van der Waals surface area contributed by atoms with Crippen LogP contribution in [0.2, 0.25) is 0 Å². The minimum Gasteiger partial charge on any atom is -0.483 e. The van der Waals surface area contributed by atoms with E-state index in [9.17, 15) is 4.79 Å². The Bertz CT molecular complexity index is 1120. The molecule has 0 radical (unpaired) electrons. The fourth-order valence-corrected chi connectivity index (χ4v) is 3.79. The molecule has 6 heteroatoms. The zero-order valence-corrected chi connectivity index (χ0v) is 16.9. The second-order valence-electron chi connectivity index (χ2n) is 6.52. The molecule has 0 atom stereocenters. The van der Waals surface area contributed by atoms with Crippen LogP contribution in [-0.4, -0.2) is 28.6 Å². The molecular weight excluding hydrogens is 418 g/mol. The van der Waals surface area contributed by atoms with E-state index in [4.69, 9.17) is 4.74 Å². The molecule has 142 valence electrons. The third kappa shape index (κ3) is 4.02. The number of halogens is 1. The Morgan fingerprint density at radius 2 is 1.89 bits per heavy atom. The predicted octanol–water partition coefficient (Wildman–Crippen LogP) is 4.54. The Hall–Kier alpha value is -2.86. The van der Waals surface area contributed by atoms with Crippen LogP contribution in [0, 0.1) is 0 Å². The highest BCUT2D eigenvalue weighted by Crippen LogP contribution is 2.32. The largest absolute Gasteiger partial charge is 0.483 e. The van der Waals surface area contributed by atoms with Crippen molar-refractivity contribution < 1.29 is 9.53 Å². The van der Waals surface area contributed by atoms with Gasteiger partial charge in [0.2, 0.25) is 0 Å². The van der Waals surface area contributed by atoms with Crippen molar-refractivity contribution in [2.24, 2.45) is 0 Å². The number of para-hydroxylation sites is 2. The van der Waals surface area contributed by atoms with Crippen LogP contribution in [0.4, 0.5) is 0 Å². The van der Waals surface area contributed by atoms with E-state index in [1.54, 1.807) is 0 Å². The molecule has 0 saturated heterocycles. The van der Waals surface area contributed by atoms with E-state index in [0.717, 1.165) is 39.2 Å². The maximum absolute atomic E-state index is 12.1. The Labute approximate surface area is 171 Å². The number of amides is 1. The van der Waals surface area contributed by atoms with Crippen LogP contribution in [0.1, 0.15) is 6.42 Å². The molecule has 0 bridgehead atoms. The summed E-state index contributed by atoms with van der Waals surface area (Å²) in [4.78, 5) is 16.5. The number of aromatic nitrogens is 2. The van der Waals surface area contributed by atoms with Gasteiger partial charge in [0.25, 0.3) is 5.91 Å². The monoisotopic (exact) mass is 437 g/mol. The van der Waals surface area contributed by atoms with E-state index in [-0.39, 0.29) is 12.5 Å². The molecule has 4 aromatic rings. The lowest BCUT2D eigenvalue weighted by atomic mass is 10.1. The number of benzene rings is 3. The zero-order valence-electron chi connectivity index (χ0n) is 15.3. The minimum absolute atomic E-state index is 0.00898. The Morgan fingerprint density at radius 3 is 2.82 bits per heavy atom. The number of nitrogens with zero attached hydrogens (tertiary/aromatic N) is 2. The van der Waals surface area contributed by atoms with Gasteiger partial charge in [0.1, 0.15) is 5.75 Å². The number of carbonyl (C=O) groups is 1. The van der Waals surface area contributed by atoms with Gasteiger partial charge in [-0.2, -0.15) is 0 Å². The Balaban J connectivity index is 1.25. The van der Waals surface area contributed by atoms with Crippen LogP contribution in [0.3, 0.4) is 0 Å². The summed E-state index contributed by atoms with van der Waals surface area (Å²) in [5.74, 6) is 0.536. The van der Waals surface area contributed by atoms with E-state index < -0.39 is 0 Å². The van der Waals surface area contributed by atoms with Crippen molar-refractivity contribution in [3.8, 4) is 5.75 Å². The van der Waals surface area contributed by atoms with Gasteiger partial charge in [-0.15, -0.1) is 0 Å². The highest BCUT2D eigenvalue weighted by molar-refractivity contribution is 9.10. The molecule has 28 heavy (non-hydrogen) atoms. The van der Waals surface area contributed by atoms with E-state index in [2.05, 4.69) is 36.9 Å². The number of rotatable bonds is 7. The van der Waals surface area contributed by atoms with Gasteiger partial charge in [-0.25, -0.2) is 4.98 Å². The summed E-state index contributed by atoms with van der Waals surface area (Å²) in [5.41, 5.74) is 2.10. The average Bonchev–Trinajstić information content (AvgIpc) is 3.14. The number of hydrogen-bond donors (Lipinski definition) is 1. The summed E-state index contributed by atoms with van der Waals surface area (Å²) >= 11 is 3.57. The van der Waals surface area contributed by atoms with Crippen molar-refractivity contribution in [3.05, 3.63) is 71.5 Å². The Kier molecular flexibility index (Phi) is 5.58. The van der Waals surface area contributed by atoms with Crippen molar-refractivity contribution >= 4 is 43.6 Å². The maximum atomic E-state index is 12.1. The molecule has 0 saturated carbocycles. The van der Waals surface area contributed by atoms with Crippen LogP contribution in [0.25, 0.3) is 21.8 Å². The van der Waals surface area contributed by atoms with Crippen LogP contribution in [0.15, 0.2) is 71.5 Å². The molecular formula is C22H20BrN3O2. The Morgan fingerprint density at radius 1 is 1.07 bits per heavy atom. The molecule has 0 aliphatic carbocycles. The van der Waals surface area contributed by atoms with Gasteiger partial charge in [-0.05, 0) is 51.3 Å². The smallest absolute Gasteiger partial charge is 0.257 e. The van der Waals surface area contributed by atoms with Crippen molar-refractivity contribution in [3.63, 3.8) is 0 Å². The molecule has 4 rings (SSSR count). The van der Waals surface area contributed by atoms with Gasteiger partial charge in [0.15, 0.2) is 6.61 Å². The van der Waals surface area contributed by atoms with Gasteiger partial charge in [0.05, 0.1) is 21.8 Å². The second kappa shape index (κ2) is 8.44. The SMILES string of the molecule is O=C(COc1ccc2ccccc2c1Br)NCCCn1cnc2ccccc21. The number of nitrogens with one attached hydrogen (secondary N) is 1. The molecule has 1 N–H and O–H groups in total. The number of ether oxygens (including phenoxy) is 1. The summed E-state index contributed by atoms with van der Waals surface area (Å²) in [6.45, 7) is 1.39. The first-order chi connectivity index (χ1) is 13.7. The summed E-state index contributed by atoms with van der Waals surface area (Å²) in [5, 5.41) is 5.09. The van der Waals surface area contributed by atoms with E-state index in [0.29, 0.717) is 12.3 Å². The maximum Gasteiger partial charge on any atom is 0.257 e. The van der Waals surface area contributed by atoms with Crippen LogP contribution in [-0.2, 0) is 11.3 Å². The van der Waals surface area contributed by atoms with Gasteiger partial charge in [-0.3, -0.25) is 4.79 Å². The number of aryl methyl sites for hydroxylation is 1. The topological polar surface area (TPSA) is 56.1 Å².